The SMILES string of the molecule is O=C(Nc1ccc(-c2cnc(-c3ccc(NC(=O)[C@@H]4CCCN4)cc3)o2)cc1)[C@@H]1CCCN1. The van der Waals surface area contributed by atoms with Gasteiger partial charge in [0.25, 0.3) is 0 Å². The quantitative estimate of drug-likeness (QED) is 0.463. The molecule has 8 heteroatoms. The standard InChI is InChI=1S/C25H27N5O3/c31-23(20-3-1-13-26-20)29-18-9-5-16(6-10-18)22-15-28-25(33-22)17-7-11-19(12-8-17)30-24(32)21-4-2-14-27-21/h5-12,15,20-21,26-27H,1-4,13-14H2,(H,29,31)(H,30,32)/t20-,21-/m0/s1. The lowest BCUT2D eigenvalue weighted by Gasteiger charge is -2.11. The zero-order valence-electron chi connectivity index (χ0n) is 18.3. The summed E-state index contributed by atoms with van der Waals surface area (Å²) >= 11 is 0. The zero-order valence-corrected chi connectivity index (χ0v) is 18.3. The molecule has 3 heterocycles. The van der Waals surface area contributed by atoms with Crippen molar-refractivity contribution in [2.75, 3.05) is 23.7 Å². The van der Waals surface area contributed by atoms with Crippen molar-refractivity contribution in [2.24, 2.45) is 0 Å². The number of nitrogens with one attached hydrogen (secondary N) is 4. The van der Waals surface area contributed by atoms with Crippen molar-refractivity contribution in [1.82, 2.24) is 15.6 Å². The van der Waals surface area contributed by atoms with E-state index >= 15 is 0 Å². The first-order valence-corrected chi connectivity index (χ1v) is 11.4. The molecule has 0 aliphatic carbocycles. The van der Waals surface area contributed by atoms with Gasteiger partial charge in [0.05, 0.1) is 18.3 Å². The van der Waals surface area contributed by atoms with Crippen molar-refractivity contribution in [2.45, 2.75) is 37.8 Å². The second kappa shape index (κ2) is 9.56. The van der Waals surface area contributed by atoms with E-state index in [1.54, 1.807) is 6.20 Å². The summed E-state index contributed by atoms with van der Waals surface area (Å²) in [4.78, 5) is 28.9. The average molecular weight is 446 g/mol. The van der Waals surface area contributed by atoms with Gasteiger partial charge in [-0.05, 0) is 87.3 Å². The van der Waals surface area contributed by atoms with Crippen LogP contribution in [0.25, 0.3) is 22.8 Å². The Bertz CT molecular complexity index is 1020. The molecule has 170 valence electrons. The number of aromatic nitrogens is 1. The highest BCUT2D eigenvalue weighted by Gasteiger charge is 2.23. The number of anilines is 2. The topological polar surface area (TPSA) is 108 Å². The zero-order chi connectivity index (χ0) is 22.6. The molecule has 0 spiro atoms. The number of carbonyl (C=O) groups excluding carboxylic acids is 2. The maximum Gasteiger partial charge on any atom is 0.241 e. The van der Waals surface area contributed by atoms with Crippen LogP contribution in [0.1, 0.15) is 25.7 Å². The van der Waals surface area contributed by atoms with Gasteiger partial charge in [-0.15, -0.1) is 0 Å². The molecule has 3 aromatic rings. The largest absolute Gasteiger partial charge is 0.436 e. The molecule has 1 aromatic heterocycles. The molecule has 0 radical (unpaired) electrons. The molecular formula is C25H27N5O3. The highest BCUT2D eigenvalue weighted by Crippen LogP contribution is 2.28. The molecule has 0 saturated carbocycles. The van der Waals surface area contributed by atoms with Crippen molar-refractivity contribution >= 4 is 23.2 Å². The number of hydrogen-bond donors (Lipinski definition) is 4. The van der Waals surface area contributed by atoms with Gasteiger partial charge in [-0.25, -0.2) is 4.98 Å². The fourth-order valence-electron chi connectivity index (χ4n) is 4.23. The van der Waals surface area contributed by atoms with E-state index in [-0.39, 0.29) is 23.9 Å². The Morgan fingerprint density at radius 1 is 0.788 bits per heavy atom. The predicted molar refractivity (Wildman–Crippen MR) is 127 cm³/mol. The Kier molecular flexibility index (Phi) is 6.19. The van der Waals surface area contributed by atoms with E-state index in [0.29, 0.717) is 11.7 Å². The maximum atomic E-state index is 12.3. The molecule has 0 bridgehead atoms. The number of amides is 2. The molecule has 4 N–H and O–H groups in total. The molecule has 2 amide bonds. The number of oxazole rings is 1. The van der Waals surface area contributed by atoms with Gasteiger partial charge in [-0.1, -0.05) is 0 Å². The smallest absolute Gasteiger partial charge is 0.241 e. The van der Waals surface area contributed by atoms with E-state index in [4.69, 9.17) is 4.42 Å². The minimum absolute atomic E-state index is 0.00124. The molecule has 5 rings (SSSR count). The third-order valence-corrected chi connectivity index (χ3v) is 6.10. The number of hydrogen-bond acceptors (Lipinski definition) is 6. The Morgan fingerprint density at radius 3 is 1.79 bits per heavy atom. The molecule has 2 aliphatic rings. The van der Waals surface area contributed by atoms with Gasteiger partial charge in [-0.2, -0.15) is 0 Å². The molecular weight excluding hydrogens is 418 g/mol. The van der Waals surface area contributed by atoms with E-state index in [1.807, 2.05) is 48.5 Å². The third-order valence-electron chi connectivity index (χ3n) is 6.10. The van der Waals surface area contributed by atoms with E-state index < -0.39 is 0 Å². The molecule has 2 fully saturated rings. The van der Waals surface area contributed by atoms with Crippen molar-refractivity contribution in [3.63, 3.8) is 0 Å². The Labute approximate surface area is 192 Å². The molecule has 2 aliphatic heterocycles. The Morgan fingerprint density at radius 2 is 1.30 bits per heavy atom. The molecule has 8 nitrogen and oxygen atoms in total. The third kappa shape index (κ3) is 4.97. The van der Waals surface area contributed by atoms with Crippen molar-refractivity contribution < 1.29 is 14.0 Å². The maximum absolute atomic E-state index is 12.3. The minimum Gasteiger partial charge on any atom is -0.436 e. The number of benzene rings is 2. The van der Waals surface area contributed by atoms with Crippen LogP contribution in [-0.2, 0) is 9.59 Å². The fourth-order valence-corrected chi connectivity index (χ4v) is 4.23. The molecule has 2 atom stereocenters. The number of nitrogens with zero attached hydrogens (tertiary/aromatic N) is 1. The summed E-state index contributed by atoms with van der Waals surface area (Å²) in [6.45, 7) is 1.78. The monoisotopic (exact) mass is 445 g/mol. The average Bonchev–Trinajstić information content (AvgIpc) is 3.63. The first-order valence-electron chi connectivity index (χ1n) is 11.4. The second-order valence-electron chi connectivity index (χ2n) is 8.46. The van der Waals surface area contributed by atoms with E-state index in [1.165, 1.54) is 0 Å². The summed E-state index contributed by atoms with van der Waals surface area (Å²) < 4.78 is 5.95. The van der Waals surface area contributed by atoms with Gasteiger partial charge < -0.3 is 25.7 Å². The van der Waals surface area contributed by atoms with E-state index in [9.17, 15) is 9.59 Å². The predicted octanol–water partition coefficient (Wildman–Crippen LogP) is 3.39. The lowest BCUT2D eigenvalue weighted by Crippen LogP contribution is -2.35. The Hall–Kier alpha value is -3.49. The van der Waals surface area contributed by atoms with Gasteiger partial charge >= 0.3 is 0 Å². The summed E-state index contributed by atoms with van der Waals surface area (Å²) in [5.41, 5.74) is 3.20. The van der Waals surface area contributed by atoms with Crippen molar-refractivity contribution in [1.29, 1.82) is 0 Å². The van der Waals surface area contributed by atoms with Crippen LogP contribution < -0.4 is 21.3 Å². The first kappa shape index (κ1) is 21.4. The molecule has 2 saturated heterocycles. The summed E-state index contributed by atoms with van der Waals surface area (Å²) in [6, 6.07) is 14.8. The van der Waals surface area contributed by atoms with Gasteiger partial charge in [0, 0.05) is 22.5 Å². The van der Waals surface area contributed by atoms with Crippen LogP contribution in [0.4, 0.5) is 11.4 Å². The first-order chi connectivity index (χ1) is 16.2. The molecule has 2 aromatic carbocycles. The van der Waals surface area contributed by atoms with Crippen LogP contribution in [0.2, 0.25) is 0 Å². The van der Waals surface area contributed by atoms with Crippen LogP contribution in [0.5, 0.6) is 0 Å². The van der Waals surface area contributed by atoms with Gasteiger partial charge in [0.2, 0.25) is 17.7 Å². The van der Waals surface area contributed by atoms with Crippen molar-refractivity contribution in [3.8, 4) is 22.8 Å². The normalized spacial score (nSPS) is 20.0. The lowest BCUT2D eigenvalue weighted by molar-refractivity contribution is -0.118. The summed E-state index contributed by atoms with van der Waals surface area (Å²) in [5, 5.41) is 12.3. The van der Waals surface area contributed by atoms with Crippen LogP contribution in [0.3, 0.4) is 0 Å². The highest BCUT2D eigenvalue weighted by molar-refractivity contribution is 5.95. The van der Waals surface area contributed by atoms with Crippen LogP contribution in [0, 0.1) is 0 Å². The molecule has 0 unspecified atom stereocenters. The summed E-state index contributed by atoms with van der Waals surface area (Å²) in [5.74, 6) is 1.15. The number of carbonyl (C=O) groups is 2. The van der Waals surface area contributed by atoms with Gasteiger partial charge in [0.1, 0.15) is 0 Å². The Balaban J connectivity index is 1.21. The molecule has 33 heavy (non-hydrogen) atoms. The van der Waals surface area contributed by atoms with Gasteiger partial charge in [0.15, 0.2) is 5.76 Å². The minimum atomic E-state index is -0.113. The van der Waals surface area contributed by atoms with Crippen LogP contribution in [0.15, 0.2) is 59.1 Å². The van der Waals surface area contributed by atoms with E-state index in [2.05, 4.69) is 26.3 Å². The lowest BCUT2D eigenvalue weighted by atomic mass is 10.1. The van der Waals surface area contributed by atoms with Gasteiger partial charge in [-0.3, -0.25) is 9.59 Å². The van der Waals surface area contributed by atoms with E-state index in [0.717, 1.165) is 61.3 Å². The van der Waals surface area contributed by atoms with Crippen molar-refractivity contribution in [3.05, 3.63) is 54.7 Å². The fraction of sp³-hybridized carbons (Fsp3) is 0.320. The number of rotatable bonds is 6. The summed E-state index contributed by atoms with van der Waals surface area (Å²) in [6.07, 6.45) is 5.48. The highest BCUT2D eigenvalue weighted by atomic mass is 16.4. The van der Waals surface area contributed by atoms with Crippen LogP contribution in [-0.4, -0.2) is 42.0 Å². The summed E-state index contributed by atoms with van der Waals surface area (Å²) in [7, 11) is 0. The van der Waals surface area contributed by atoms with Crippen LogP contribution >= 0.6 is 0 Å². The second-order valence-corrected chi connectivity index (χ2v) is 8.46.